The van der Waals surface area contributed by atoms with Crippen molar-refractivity contribution in [1.82, 2.24) is 5.32 Å². The van der Waals surface area contributed by atoms with Crippen molar-refractivity contribution in [3.63, 3.8) is 0 Å². The summed E-state index contributed by atoms with van der Waals surface area (Å²) in [4.78, 5) is 37.9. The zero-order chi connectivity index (χ0) is 23.5. The van der Waals surface area contributed by atoms with E-state index in [1.807, 2.05) is 48.5 Å². The summed E-state index contributed by atoms with van der Waals surface area (Å²) >= 11 is 9.25. The van der Waals surface area contributed by atoms with Gasteiger partial charge < -0.3 is 15.5 Å². The van der Waals surface area contributed by atoms with Gasteiger partial charge in [0, 0.05) is 30.9 Å². The number of amides is 1. The van der Waals surface area contributed by atoms with Gasteiger partial charge in [-0.1, -0.05) is 43.6 Å². The third-order valence-corrected chi connectivity index (χ3v) is 7.23. The maximum absolute atomic E-state index is 13.2. The molecule has 0 bridgehead atoms. The van der Waals surface area contributed by atoms with Crippen LogP contribution < -0.4 is 5.32 Å². The Morgan fingerprint density at radius 1 is 0.969 bits per heavy atom. The molecular weight excluding hydrogens is 582 g/mol. The van der Waals surface area contributed by atoms with Gasteiger partial charge in [0.05, 0.1) is 24.7 Å². The number of nitrogens with one attached hydrogen (secondary N) is 1. The van der Waals surface area contributed by atoms with Crippen LogP contribution in [-0.2, 0) is 14.4 Å². The Hall–Kier alpha value is -1.59. The molecule has 1 atom stereocenters. The van der Waals surface area contributed by atoms with Gasteiger partial charge in [-0.05, 0) is 53.9 Å². The summed E-state index contributed by atoms with van der Waals surface area (Å²) < 4.78 is 1.82. The Labute approximate surface area is 211 Å². The van der Waals surface area contributed by atoms with Crippen molar-refractivity contribution >= 4 is 73.0 Å². The molecule has 1 unspecified atom stereocenters. The van der Waals surface area contributed by atoms with Crippen LogP contribution in [0, 0.1) is 0 Å². The van der Waals surface area contributed by atoms with Gasteiger partial charge in [0.25, 0.3) is 0 Å². The minimum Gasteiger partial charge on any atom is -0.481 e. The van der Waals surface area contributed by atoms with Crippen molar-refractivity contribution in [2.24, 2.45) is 0 Å². The third kappa shape index (κ3) is 9.50. The van der Waals surface area contributed by atoms with E-state index in [1.165, 1.54) is 23.5 Å². The molecule has 0 aliphatic rings. The summed E-state index contributed by atoms with van der Waals surface area (Å²) in [5.74, 6) is -1.82. The summed E-state index contributed by atoms with van der Waals surface area (Å²) in [6, 6.07) is 14.9. The molecule has 2 aromatic carbocycles. The molecule has 0 saturated carbocycles. The van der Waals surface area contributed by atoms with Crippen molar-refractivity contribution in [1.29, 1.82) is 0 Å². The molecule has 6 nitrogen and oxygen atoms in total. The number of rotatable bonds is 12. The molecule has 0 radical (unpaired) electrons. The lowest BCUT2D eigenvalue weighted by molar-refractivity contribution is -0.137. The predicted molar refractivity (Wildman–Crippen MR) is 134 cm³/mol. The van der Waals surface area contributed by atoms with Crippen LogP contribution in [0.25, 0.3) is 0 Å². The Morgan fingerprint density at radius 3 is 2.06 bits per heavy atom. The first kappa shape index (κ1) is 26.7. The van der Waals surface area contributed by atoms with Gasteiger partial charge in [0.2, 0.25) is 5.91 Å². The highest BCUT2D eigenvalue weighted by molar-refractivity contribution is 9.10. The molecular formula is C22H21Br2NO5S2. The highest BCUT2D eigenvalue weighted by atomic mass is 79.9. The second kappa shape index (κ2) is 13.8. The van der Waals surface area contributed by atoms with E-state index >= 15 is 0 Å². The number of aliphatic hydroxyl groups is 1. The largest absolute Gasteiger partial charge is 0.481 e. The predicted octanol–water partition coefficient (Wildman–Crippen LogP) is 4.89. The first-order chi connectivity index (χ1) is 15.3. The topological polar surface area (TPSA) is 104 Å². The molecule has 0 spiro atoms. The number of thioether (sulfide) groups is 2. The highest BCUT2D eigenvalue weighted by Gasteiger charge is 2.24. The lowest BCUT2D eigenvalue weighted by Crippen LogP contribution is -2.30. The normalized spacial score (nSPS) is 12.3. The van der Waals surface area contributed by atoms with Crippen LogP contribution in [0.15, 0.2) is 78.2 Å². The van der Waals surface area contributed by atoms with E-state index < -0.39 is 17.1 Å². The van der Waals surface area contributed by atoms with Gasteiger partial charge in [-0.3, -0.25) is 14.4 Å². The van der Waals surface area contributed by atoms with Crippen LogP contribution in [0.5, 0.6) is 0 Å². The first-order valence-corrected chi connectivity index (χ1v) is 12.8. The fraction of sp³-hybridized carbons (Fsp3) is 0.227. The number of aliphatic carboxylic acids is 1. The van der Waals surface area contributed by atoms with E-state index in [1.54, 1.807) is 5.41 Å². The second-order valence-electron chi connectivity index (χ2n) is 6.49. The third-order valence-electron chi connectivity index (χ3n) is 4.03. The molecule has 170 valence electrons. The van der Waals surface area contributed by atoms with Crippen LogP contribution in [0.2, 0.25) is 0 Å². The Bertz CT molecular complexity index is 965. The maximum atomic E-state index is 13.2. The van der Waals surface area contributed by atoms with Crippen LogP contribution in [0.1, 0.15) is 12.8 Å². The number of hydrogen-bond donors (Lipinski definition) is 3. The Kier molecular flexibility index (Phi) is 11.5. The molecule has 0 saturated heterocycles. The van der Waals surface area contributed by atoms with Crippen LogP contribution >= 0.6 is 55.4 Å². The number of Topliss-reactive ketones (excluding diaryl/α,β-unsaturated/α-hetero) is 1. The quantitative estimate of drug-likeness (QED) is 0.235. The molecule has 0 fully saturated rings. The van der Waals surface area contributed by atoms with Crippen molar-refractivity contribution in [2.75, 3.05) is 13.2 Å². The number of carbonyl (C=O) groups is 3. The van der Waals surface area contributed by atoms with Crippen molar-refractivity contribution in [3.05, 3.63) is 68.5 Å². The van der Waals surface area contributed by atoms with E-state index in [-0.39, 0.29) is 37.3 Å². The molecule has 0 aromatic heterocycles. The standard InChI is InChI=1S/C22H21Br2NO5S2/c23-15-1-5-17(6-2-15)31-13-14(11-20(27)25-10-9-21(28)29)22(30)19(12-26)32-18-7-3-16(24)4-8-18/h1-8,13,19,26H,9-12H2,(H,25,27)(H,28,29)/b14-13-. The van der Waals surface area contributed by atoms with Crippen molar-refractivity contribution in [2.45, 2.75) is 27.9 Å². The van der Waals surface area contributed by atoms with Gasteiger partial charge in [-0.2, -0.15) is 0 Å². The van der Waals surface area contributed by atoms with E-state index in [9.17, 15) is 19.5 Å². The molecule has 0 aliphatic carbocycles. The van der Waals surface area contributed by atoms with E-state index in [0.717, 1.165) is 18.7 Å². The summed E-state index contributed by atoms with van der Waals surface area (Å²) in [5.41, 5.74) is 0.245. The number of hydrogen-bond acceptors (Lipinski definition) is 6. The molecule has 2 rings (SSSR count). The smallest absolute Gasteiger partial charge is 0.305 e. The Morgan fingerprint density at radius 2 is 1.53 bits per heavy atom. The molecule has 32 heavy (non-hydrogen) atoms. The zero-order valence-corrected chi connectivity index (χ0v) is 21.6. The summed E-state index contributed by atoms with van der Waals surface area (Å²) in [7, 11) is 0. The Balaban J connectivity index is 2.17. The molecule has 2 aromatic rings. The molecule has 1 amide bonds. The monoisotopic (exact) mass is 601 g/mol. The lowest BCUT2D eigenvalue weighted by Gasteiger charge is -2.15. The number of benzene rings is 2. The van der Waals surface area contributed by atoms with Crippen LogP contribution in [-0.4, -0.2) is 46.3 Å². The van der Waals surface area contributed by atoms with E-state index in [0.29, 0.717) is 0 Å². The number of halogens is 2. The van der Waals surface area contributed by atoms with E-state index in [4.69, 9.17) is 5.11 Å². The lowest BCUT2D eigenvalue weighted by atomic mass is 10.1. The van der Waals surface area contributed by atoms with E-state index in [2.05, 4.69) is 37.2 Å². The first-order valence-electron chi connectivity index (χ1n) is 9.45. The van der Waals surface area contributed by atoms with Crippen molar-refractivity contribution < 1.29 is 24.6 Å². The molecule has 0 aliphatic heterocycles. The van der Waals surface area contributed by atoms with Crippen LogP contribution in [0.3, 0.4) is 0 Å². The van der Waals surface area contributed by atoms with Gasteiger partial charge in [-0.15, -0.1) is 11.8 Å². The van der Waals surface area contributed by atoms with Gasteiger partial charge in [-0.25, -0.2) is 0 Å². The van der Waals surface area contributed by atoms with Crippen molar-refractivity contribution in [3.8, 4) is 0 Å². The highest BCUT2D eigenvalue weighted by Crippen LogP contribution is 2.30. The number of carboxylic acid groups (broad SMARTS) is 1. The average molecular weight is 603 g/mol. The SMILES string of the molecule is O=C(O)CCNC(=O)C/C(=C/Sc1ccc(Br)cc1)C(=O)C(CO)Sc1ccc(Br)cc1. The fourth-order valence-corrected chi connectivity index (χ4v) is 4.70. The second-order valence-corrected chi connectivity index (χ2v) is 10.5. The summed E-state index contributed by atoms with van der Waals surface area (Å²) in [5, 5.41) is 21.9. The van der Waals surface area contributed by atoms with Gasteiger partial charge >= 0.3 is 5.97 Å². The minimum atomic E-state index is -1.02. The minimum absolute atomic E-state index is 0.0213. The maximum Gasteiger partial charge on any atom is 0.305 e. The van der Waals surface area contributed by atoms with Gasteiger partial charge in [0.15, 0.2) is 5.78 Å². The van der Waals surface area contributed by atoms with Gasteiger partial charge in [0.1, 0.15) is 0 Å². The van der Waals surface area contributed by atoms with Crippen LogP contribution in [0.4, 0.5) is 0 Å². The zero-order valence-electron chi connectivity index (χ0n) is 16.8. The molecule has 0 heterocycles. The number of carboxylic acids is 1. The summed E-state index contributed by atoms with van der Waals surface area (Å²) in [6.07, 6.45) is -0.412. The molecule has 10 heteroatoms. The molecule has 3 N–H and O–H groups in total. The summed E-state index contributed by atoms with van der Waals surface area (Å²) in [6.45, 7) is -0.410. The number of aliphatic hydroxyl groups excluding tert-OH is 1. The average Bonchev–Trinajstić information content (AvgIpc) is 2.76. The number of ketones is 1. The number of carbonyl (C=O) groups excluding carboxylic acids is 2. The fourth-order valence-electron chi connectivity index (χ4n) is 2.44.